The van der Waals surface area contributed by atoms with Crippen LogP contribution in [0.25, 0.3) is 0 Å². The van der Waals surface area contributed by atoms with E-state index in [-0.39, 0.29) is 11.9 Å². The summed E-state index contributed by atoms with van der Waals surface area (Å²) >= 11 is 2.84. The molecule has 10 heteroatoms. The van der Waals surface area contributed by atoms with E-state index in [1.165, 1.54) is 6.92 Å². The Morgan fingerprint density at radius 3 is 2.48 bits per heavy atom. The number of halogens is 6. The SMILES string of the molecule is CCOC(=O)c1c(C(F)F)ncc(OC(F)(F)F)c1CBr. The van der Waals surface area contributed by atoms with E-state index in [0.29, 0.717) is 6.20 Å². The van der Waals surface area contributed by atoms with E-state index >= 15 is 0 Å². The largest absolute Gasteiger partial charge is 0.573 e. The first-order valence-corrected chi connectivity index (χ1v) is 6.62. The Morgan fingerprint density at radius 2 is 2.05 bits per heavy atom. The average Bonchev–Trinajstić information content (AvgIpc) is 2.36. The summed E-state index contributed by atoms with van der Waals surface area (Å²) in [5.74, 6) is -2.03. The van der Waals surface area contributed by atoms with Crippen molar-refractivity contribution in [3.63, 3.8) is 0 Å². The maximum Gasteiger partial charge on any atom is 0.573 e. The fourth-order valence-electron chi connectivity index (χ4n) is 1.49. The number of hydrogen-bond donors (Lipinski definition) is 0. The van der Waals surface area contributed by atoms with E-state index in [1.807, 2.05) is 0 Å². The van der Waals surface area contributed by atoms with Gasteiger partial charge in [0.25, 0.3) is 6.43 Å². The molecule has 0 atom stereocenters. The number of ether oxygens (including phenoxy) is 2. The first-order valence-electron chi connectivity index (χ1n) is 5.50. The smallest absolute Gasteiger partial charge is 0.462 e. The molecular formula is C11H9BrF5NO3. The molecule has 1 heterocycles. The predicted molar refractivity (Wildman–Crippen MR) is 64.5 cm³/mol. The Labute approximate surface area is 124 Å². The van der Waals surface area contributed by atoms with Crippen molar-refractivity contribution in [1.29, 1.82) is 0 Å². The van der Waals surface area contributed by atoms with Gasteiger partial charge in [-0.2, -0.15) is 0 Å². The van der Waals surface area contributed by atoms with E-state index in [9.17, 15) is 26.7 Å². The molecule has 0 amide bonds. The highest BCUT2D eigenvalue weighted by atomic mass is 79.9. The quantitative estimate of drug-likeness (QED) is 0.442. The lowest BCUT2D eigenvalue weighted by molar-refractivity contribution is -0.275. The van der Waals surface area contributed by atoms with Crippen molar-refractivity contribution < 1.29 is 36.2 Å². The number of carbonyl (C=O) groups is 1. The molecule has 0 fully saturated rings. The Morgan fingerprint density at radius 1 is 1.43 bits per heavy atom. The summed E-state index contributed by atoms with van der Waals surface area (Å²) in [5, 5.41) is -0.325. The zero-order chi connectivity index (χ0) is 16.2. The van der Waals surface area contributed by atoms with Crippen LogP contribution in [0.5, 0.6) is 5.75 Å². The Kier molecular flexibility index (Phi) is 5.87. The van der Waals surface area contributed by atoms with E-state index in [2.05, 4.69) is 30.4 Å². The van der Waals surface area contributed by atoms with Crippen LogP contribution in [-0.2, 0) is 10.1 Å². The van der Waals surface area contributed by atoms with Crippen LogP contribution in [0, 0.1) is 0 Å². The third-order valence-corrected chi connectivity index (χ3v) is 2.78. The maximum atomic E-state index is 12.9. The van der Waals surface area contributed by atoms with Gasteiger partial charge in [0.1, 0.15) is 5.69 Å². The molecule has 1 aromatic rings. The van der Waals surface area contributed by atoms with Crippen molar-refractivity contribution in [2.24, 2.45) is 0 Å². The van der Waals surface area contributed by atoms with E-state index in [4.69, 9.17) is 0 Å². The topological polar surface area (TPSA) is 48.4 Å². The van der Waals surface area contributed by atoms with Crippen LogP contribution in [-0.4, -0.2) is 23.9 Å². The van der Waals surface area contributed by atoms with Crippen molar-refractivity contribution in [3.8, 4) is 5.75 Å². The molecule has 0 N–H and O–H groups in total. The van der Waals surface area contributed by atoms with Gasteiger partial charge in [-0.25, -0.2) is 13.6 Å². The van der Waals surface area contributed by atoms with Crippen molar-refractivity contribution in [2.45, 2.75) is 25.0 Å². The van der Waals surface area contributed by atoms with Crippen LogP contribution in [0.4, 0.5) is 22.0 Å². The molecule has 0 aliphatic heterocycles. The van der Waals surface area contributed by atoms with Gasteiger partial charge in [0.2, 0.25) is 0 Å². The highest BCUT2D eigenvalue weighted by Gasteiger charge is 2.35. The predicted octanol–water partition coefficient (Wildman–Crippen LogP) is 3.99. The average molecular weight is 378 g/mol. The molecule has 1 rings (SSSR count). The summed E-state index contributed by atoms with van der Waals surface area (Å²) in [6.07, 6.45) is -7.70. The van der Waals surface area contributed by atoms with Crippen LogP contribution in [0.3, 0.4) is 0 Å². The zero-order valence-corrected chi connectivity index (χ0v) is 12.1. The minimum Gasteiger partial charge on any atom is -0.462 e. The van der Waals surface area contributed by atoms with Gasteiger partial charge in [0.05, 0.1) is 18.4 Å². The van der Waals surface area contributed by atoms with E-state index < -0.39 is 41.3 Å². The normalized spacial score (nSPS) is 11.6. The Balaban J connectivity index is 3.45. The molecule has 0 bridgehead atoms. The minimum absolute atomic E-state index is 0.131. The number of nitrogens with zero attached hydrogens (tertiary/aromatic N) is 1. The van der Waals surface area contributed by atoms with Crippen LogP contribution >= 0.6 is 15.9 Å². The van der Waals surface area contributed by atoms with Gasteiger partial charge in [0.15, 0.2) is 5.75 Å². The number of esters is 1. The van der Waals surface area contributed by atoms with Crippen LogP contribution in [0.1, 0.15) is 35.0 Å². The lowest BCUT2D eigenvalue weighted by atomic mass is 10.1. The Bertz CT molecular complexity index is 521. The molecule has 0 aliphatic rings. The summed E-state index contributed by atoms with van der Waals surface area (Å²) in [4.78, 5) is 14.9. The number of alkyl halides is 6. The second-order valence-electron chi connectivity index (χ2n) is 3.56. The van der Waals surface area contributed by atoms with Gasteiger partial charge in [-0.1, -0.05) is 15.9 Å². The lowest BCUT2D eigenvalue weighted by Crippen LogP contribution is -2.21. The van der Waals surface area contributed by atoms with Gasteiger partial charge in [-0.15, -0.1) is 13.2 Å². The molecule has 0 aromatic carbocycles. The highest BCUT2D eigenvalue weighted by molar-refractivity contribution is 9.08. The molecule has 0 saturated carbocycles. The fourth-order valence-corrected chi connectivity index (χ4v) is 2.05. The summed E-state index contributed by atoms with van der Waals surface area (Å²) in [7, 11) is 0. The third-order valence-electron chi connectivity index (χ3n) is 2.22. The van der Waals surface area contributed by atoms with Crippen molar-refractivity contribution in [1.82, 2.24) is 4.98 Å². The van der Waals surface area contributed by atoms with Gasteiger partial charge >= 0.3 is 12.3 Å². The summed E-state index contributed by atoms with van der Waals surface area (Å²) in [6.45, 7) is 1.30. The second-order valence-corrected chi connectivity index (χ2v) is 4.12. The molecular weight excluding hydrogens is 369 g/mol. The number of carbonyl (C=O) groups excluding carboxylic acids is 1. The van der Waals surface area contributed by atoms with Gasteiger partial charge in [-0.05, 0) is 6.92 Å². The first kappa shape index (κ1) is 17.6. The minimum atomic E-state index is -5.04. The van der Waals surface area contributed by atoms with Gasteiger partial charge in [-0.3, -0.25) is 4.98 Å². The maximum absolute atomic E-state index is 12.9. The molecule has 0 radical (unpaired) electrons. The third kappa shape index (κ3) is 4.51. The fraction of sp³-hybridized carbons (Fsp3) is 0.455. The van der Waals surface area contributed by atoms with Crippen LogP contribution in [0.15, 0.2) is 6.20 Å². The van der Waals surface area contributed by atoms with Gasteiger partial charge < -0.3 is 9.47 Å². The number of rotatable bonds is 5. The van der Waals surface area contributed by atoms with Crippen LogP contribution < -0.4 is 4.74 Å². The standard InChI is InChI=1S/C11H9BrF5NO3/c1-2-20-10(19)7-5(3-12)6(21-11(15,16)17)4-18-8(7)9(13)14/h4,9H,2-3H2,1H3. The summed E-state index contributed by atoms with van der Waals surface area (Å²) in [6, 6.07) is 0. The number of pyridine rings is 1. The molecule has 0 spiro atoms. The number of hydrogen-bond acceptors (Lipinski definition) is 4. The van der Waals surface area contributed by atoms with Crippen LogP contribution in [0.2, 0.25) is 0 Å². The molecule has 1 aromatic heterocycles. The van der Waals surface area contributed by atoms with Gasteiger partial charge in [0, 0.05) is 10.9 Å². The van der Waals surface area contributed by atoms with E-state index in [1.54, 1.807) is 0 Å². The molecule has 21 heavy (non-hydrogen) atoms. The highest BCUT2D eigenvalue weighted by Crippen LogP contribution is 2.34. The Hall–Kier alpha value is -1.45. The lowest BCUT2D eigenvalue weighted by Gasteiger charge is -2.16. The number of aromatic nitrogens is 1. The summed E-state index contributed by atoms with van der Waals surface area (Å²) in [5.41, 5.74) is -2.10. The molecule has 0 unspecified atom stereocenters. The molecule has 0 aliphatic carbocycles. The summed E-state index contributed by atoms with van der Waals surface area (Å²) < 4.78 is 70.8. The molecule has 0 saturated heterocycles. The molecule has 4 nitrogen and oxygen atoms in total. The monoisotopic (exact) mass is 377 g/mol. The second kappa shape index (κ2) is 7.01. The molecule has 118 valence electrons. The van der Waals surface area contributed by atoms with E-state index in [0.717, 1.165) is 0 Å². The zero-order valence-electron chi connectivity index (χ0n) is 10.5. The van der Waals surface area contributed by atoms with Crippen molar-refractivity contribution in [3.05, 3.63) is 23.0 Å². The van der Waals surface area contributed by atoms with Crippen molar-refractivity contribution >= 4 is 21.9 Å². The first-order chi connectivity index (χ1) is 9.71. The van der Waals surface area contributed by atoms with Crippen molar-refractivity contribution in [2.75, 3.05) is 6.61 Å².